The highest BCUT2D eigenvalue weighted by Crippen LogP contribution is 2.22. The summed E-state index contributed by atoms with van der Waals surface area (Å²) < 4.78 is 5.72. The lowest BCUT2D eigenvalue weighted by atomic mass is 10.0. The van der Waals surface area contributed by atoms with Crippen LogP contribution in [0.5, 0.6) is 0 Å². The molecule has 2 aliphatic heterocycles. The Labute approximate surface area is 146 Å². The minimum Gasteiger partial charge on any atom is -0.375 e. The Morgan fingerprint density at radius 3 is 2.46 bits per heavy atom. The Kier molecular flexibility index (Phi) is 6.24. The zero-order valence-corrected chi connectivity index (χ0v) is 15.8. The van der Waals surface area contributed by atoms with Crippen molar-refractivity contribution in [1.29, 1.82) is 5.26 Å². The van der Waals surface area contributed by atoms with E-state index in [-0.39, 0.29) is 23.6 Å². The second kappa shape index (κ2) is 7.81. The molecule has 2 atom stereocenters. The normalized spacial score (nSPS) is 27.0. The van der Waals surface area contributed by atoms with Gasteiger partial charge in [0.2, 0.25) is 5.91 Å². The van der Waals surface area contributed by atoms with Crippen molar-refractivity contribution in [3.8, 4) is 6.07 Å². The first kappa shape index (κ1) is 19.2. The van der Waals surface area contributed by atoms with Crippen LogP contribution in [0.25, 0.3) is 0 Å². The number of hydrogen-bond acceptors (Lipinski definition) is 5. The largest absolute Gasteiger partial charge is 0.375 e. The standard InChI is InChI=1S/C18H32N4O2/c1-14(2)16(10-19)20-6-8-21(9-7-20)17(23)12-22-11-15(3)24-13-18(22,4)5/h14-16H,6-9,11-13H2,1-5H3/t15-,16+/m1/s1. The maximum absolute atomic E-state index is 12.7. The van der Waals surface area contributed by atoms with E-state index in [1.54, 1.807) is 0 Å². The second-order valence-corrected chi connectivity index (χ2v) is 8.05. The highest BCUT2D eigenvalue weighted by Gasteiger charge is 2.36. The zero-order chi connectivity index (χ0) is 17.9. The summed E-state index contributed by atoms with van der Waals surface area (Å²) in [7, 11) is 0. The molecule has 2 rings (SSSR count). The third-order valence-electron chi connectivity index (χ3n) is 5.20. The zero-order valence-electron chi connectivity index (χ0n) is 15.8. The van der Waals surface area contributed by atoms with E-state index < -0.39 is 0 Å². The van der Waals surface area contributed by atoms with E-state index in [9.17, 15) is 10.1 Å². The van der Waals surface area contributed by atoms with E-state index in [0.717, 1.165) is 19.6 Å². The number of rotatable bonds is 4. The van der Waals surface area contributed by atoms with Gasteiger partial charge >= 0.3 is 0 Å². The van der Waals surface area contributed by atoms with Gasteiger partial charge in [0, 0.05) is 38.3 Å². The smallest absolute Gasteiger partial charge is 0.236 e. The van der Waals surface area contributed by atoms with Gasteiger partial charge in [-0.25, -0.2) is 0 Å². The first-order chi connectivity index (χ1) is 11.2. The van der Waals surface area contributed by atoms with Gasteiger partial charge in [-0.15, -0.1) is 0 Å². The molecule has 0 saturated carbocycles. The van der Waals surface area contributed by atoms with Crippen LogP contribution < -0.4 is 0 Å². The highest BCUT2D eigenvalue weighted by molar-refractivity contribution is 5.78. The van der Waals surface area contributed by atoms with Gasteiger partial charge in [-0.05, 0) is 26.7 Å². The molecule has 0 unspecified atom stereocenters. The van der Waals surface area contributed by atoms with E-state index >= 15 is 0 Å². The van der Waals surface area contributed by atoms with Gasteiger partial charge in [-0.3, -0.25) is 14.6 Å². The average molecular weight is 336 g/mol. The SMILES string of the molecule is CC(C)[C@H](C#N)N1CCN(C(=O)CN2C[C@@H](C)OCC2(C)C)CC1. The lowest BCUT2D eigenvalue weighted by Crippen LogP contribution is -2.60. The quantitative estimate of drug-likeness (QED) is 0.771. The Morgan fingerprint density at radius 1 is 1.29 bits per heavy atom. The summed E-state index contributed by atoms with van der Waals surface area (Å²) in [5, 5.41) is 9.33. The fraction of sp³-hybridized carbons (Fsp3) is 0.889. The minimum absolute atomic E-state index is 0.0544. The van der Waals surface area contributed by atoms with Crippen LogP contribution in [0.3, 0.4) is 0 Å². The number of carbonyl (C=O) groups excluding carboxylic acids is 1. The van der Waals surface area contributed by atoms with Gasteiger partial charge in [0.15, 0.2) is 0 Å². The molecule has 0 bridgehead atoms. The number of amides is 1. The summed E-state index contributed by atoms with van der Waals surface area (Å²) in [6, 6.07) is 2.34. The lowest BCUT2D eigenvalue weighted by Gasteiger charge is -2.45. The lowest BCUT2D eigenvalue weighted by molar-refractivity contribution is -0.142. The molecule has 6 nitrogen and oxygen atoms in total. The summed E-state index contributed by atoms with van der Waals surface area (Å²) in [5.74, 6) is 0.503. The first-order valence-corrected chi connectivity index (χ1v) is 9.02. The highest BCUT2D eigenvalue weighted by atomic mass is 16.5. The van der Waals surface area contributed by atoms with Crippen LogP contribution in [-0.2, 0) is 9.53 Å². The van der Waals surface area contributed by atoms with Crippen LogP contribution in [-0.4, -0.2) is 84.2 Å². The van der Waals surface area contributed by atoms with Crippen molar-refractivity contribution in [2.24, 2.45) is 5.92 Å². The van der Waals surface area contributed by atoms with Crippen molar-refractivity contribution in [1.82, 2.24) is 14.7 Å². The molecule has 0 aromatic carbocycles. The number of piperazine rings is 1. The van der Waals surface area contributed by atoms with Crippen LogP contribution in [0.2, 0.25) is 0 Å². The Bertz CT molecular complexity index is 478. The van der Waals surface area contributed by atoms with Crippen LogP contribution in [0, 0.1) is 17.2 Å². The van der Waals surface area contributed by atoms with E-state index in [1.807, 2.05) is 4.90 Å². The molecule has 2 fully saturated rings. The molecular formula is C18H32N4O2. The van der Waals surface area contributed by atoms with Crippen molar-refractivity contribution in [3.05, 3.63) is 0 Å². The van der Waals surface area contributed by atoms with E-state index in [0.29, 0.717) is 32.2 Å². The second-order valence-electron chi connectivity index (χ2n) is 8.05. The number of morpholine rings is 1. The van der Waals surface area contributed by atoms with Crippen molar-refractivity contribution >= 4 is 5.91 Å². The summed E-state index contributed by atoms with van der Waals surface area (Å²) in [5.41, 5.74) is -0.104. The molecular weight excluding hydrogens is 304 g/mol. The topological polar surface area (TPSA) is 59.8 Å². The molecule has 2 saturated heterocycles. The average Bonchev–Trinajstić information content (AvgIpc) is 2.52. The van der Waals surface area contributed by atoms with Crippen molar-refractivity contribution in [2.75, 3.05) is 45.9 Å². The minimum atomic E-state index is -0.104. The number of nitriles is 1. The predicted molar refractivity (Wildman–Crippen MR) is 93.5 cm³/mol. The summed E-state index contributed by atoms with van der Waals surface area (Å²) >= 11 is 0. The molecule has 0 aliphatic carbocycles. The summed E-state index contributed by atoms with van der Waals surface area (Å²) in [6.45, 7) is 15.4. The van der Waals surface area contributed by atoms with Crippen LogP contribution >= 0.6 is 0 Å². The van der Waals surface area contributed by atoms with Crippen molar-refractivity contribution < 1.29 is 9.53 Å². The van der Waals surface area contributed by atoms with Crippen molar-refractivity contribution in [3.63, 3.8) is 0 Å². The molecule has 0 spiro atoms. The van der Waals surface area contributed by atoms with Gasteiger partial charge in [-0.1, -0.05) is 13.8 Å². The summed E-state index contributed by atoms with van der Waals surface area (Å²) in [4.78, 5) is 19.1. The fourth-order valence-electron chi connectivity index (χ4n) is 3.49. The molecule has 0 aromatic rings. The van der Waals surface area contributed by atoms with Gasteiger partial charge in [0.25, 0.3) is 0 Å². The van der Waals surface area contributed by atoms with Gasteiger partial charge in [0.05, 0.1) is 25.3 Å². The van der Waals surface area contributed by atoms with Gasteiger partial charge in [-0.2, -0.15) is 5.26 Å². The Hall–Kier alpha value is -1.16. The number of carbonyl (C=O) groups is 1. The number of hydrogen-bond donors (Lipinski definition) is 0. The first-order valence-electron chi connectivity index (χ1n) is 9.02. The molecule has 0 aromatic heterocycles. The number of nitrogens with zero attached hydrogens (tertiary/aromatic N) is 4. The molecule has 0 N–H and O–H groups in total. The molecule has 1 amide bonds. The van der Waals surface area contributed by atoms with Gasteiger partial charge in [0.1, 0.15) is 6.04 Å². The van der Waals surface area contributed by atoms with E-state index in [2.05, 4.69) is 50.5 Å². The van der Waals surface area contributed by atoms with Crippen molar-refractivity contribution in [2.45, 2.75) is 52.3 Å². The third kappa shape index (κ3) is 4.47. The monoisotopic (exact) mass is 336 g/mol. The maximum atomic E-state index is 12.7. The Balaban J connectivity index is 1.88. The maximum Gasteiger partial charge on any atom is 0.236 e. The van der Waals surface area contributed by atoms with E-state index in [4.69, 9.17) is 4.74 Å². The molecule has 6 heteroatoms. The van der Waals surface area contributed by atoms with Gasteiger partial charge < -0.3 is 9.64 Å². The van der Waals surface area contributed by atoms with E-state index in [1.165, 1.54) is 0 Å². The fourth-order valence-corrected chi connectivity index (χ4v) is 3.49. The van der Waals surface area contributed by atoms with Crippen LogP contribution in [0.4, 0.5) is 0 Å². The molecule has 2 aliphatic rings. The van der Waals surface area contributed by atoms with Crippen LogP contribution in [0.1, 0.15) is 34.6 Å². The van der Waals surface area contributed by atoms with Crippen LogP contribution in [0.15, 0.2) is 0 Å². The summed E-state index contributed by atoms with van der Waals surface area (Å²) in [6.07, 6.45) is 0.171. The Morgan fingerprint density at radius 2 is 1.92 bits per heavy atom. The molecule has 24 heavy (non-hydrogen) atoms. The number of ether oxygens (including phenoxy) is 1. The molecule has 0 radical (unpaired) electrons. The molecule has 2 heterocycles. The third-order valence-corrected chi connectivity index (χ3v) is 5.20. The molecule has 136 valence electrons. The predicted octanol–water partition coefficient (Wildman–Crippen LogP) is 1.18.